The quantitative estimate of drug-likeness (QED) is 0.225. The van der Waals surface area contributed by atoms with Crippen molar-refractivity contribution in [1.29, 1.82) is 0 Å². The van der Waals surface area contributed by atoms with Crippen molar-refractivity contribution in [3.05, 3.63) is 25.7 Å². The molecule has 0 spiro atoms. The number of nitro groups is 1. The summed E-state index contributed by atoms with van der Waals surface area (Å²) in [7, 11) is 0. The average Bonchev–Trinajstić information content (AvgIpc) is 2.93. The molecule has 1 aromatic heterocycles. The van der Waals surface area contributed by atoms with Crippen LogP contribution in [0.15, 0.2) is 4.99 Å². The first-order chi connectivity index (χ1) is 12.0. The number of nitrogens with zero attached hydrogens (tertiary/aromatic N) is 4. The van der Waals surface area contributed by atoms with Crippen LogP contribution in [0.5, 0.6) is 0 Å². The van der Waals surface area contributed by atoms with Gasteiger partial charge < -0.3 is 10.5 Å². The smallest absolute Gasteiger partial charge is 0.266 e. The van der Waals surface area contributed by atoms with Crippen molar-refractivity contribution in [2.75, 3.05) is 38.6 Å². The fraction of sp³-hybridized carbons (Fsp3) is 0.733. The van der Waals surface area contributed by atoms with Crippen LogP contribution in [0.25, 0.3) is 0 Å². The average molecular weight is 388 g/mol. The van der Waals surface area contributed by atoms with E-state index in [1.807, 2.05) is 0 Å². The van der Waals surface area contributed by atoms with E-state index in [9.17, 15) is 10.1 Å². The minimum absolute atomic E-state index is 0.0863. The number of aromatic nitrogens is 1. The van der Waals surface area contributed by atoms with E-state index in [2.05, 4.69) is 16.8 Å². The number of aliphatic imine (C=N–C) groups is 1. The maximum atomic E-state index is 10.6. The lowest BCUT2D eigenvalue weighted by atomic mass is 10.3. The summed E-state index contributed by atoms with van der Waals surface area (Å²) in [5.74, 6) is 1.68. The van der Waals surface area contributed by atoms with Crippen molar-refractivity contribution in [2.24, 2.45) is 10.7 Å². The molecule has 1 unspecified atom stereocenters. The second-order valence-corrected chi connectivity index (χ2v) is 8.21. The fourth-order valence-corrected chi connectivity index (χ4v) is 4.21. The number of hydrogen-bond acceptors (Lipinski definition) is 8. The van der Waals surface area contributed by atoms with Gasteiger partial charge >= 0.3 is 0 Å². The molecule has 0 amide bonds. The van der Waals surface area contributed by atoms with Crippen LogP contribution in [0.1, 0.15) is 22.5 Å². The predicted molar refractivity (Wildman–Crippen MR) is 102 cm³/mol. The van der Waals surface area contributed by atoms with E-state index in [-0.39, 0.29) is 5.84 Å². The summed E-state index contributed by atoms with van der Waals surface area (Å²) >= 11 is 3.47. The third-order valence-electron chi connectivity index (χ3n) is 3.91. The number of hydrogen-bond donors (Lipinski definition) is 1. The minimum atomic E-state index is -0.923. The molecule has 2 N–H and O–H groups in total. The minimum Gasteiger partial charge on any atom is -0.382 e. The van der Waals surface area contributed by atoms with Crippen LogP contribution in [-0.2, 0) is 17.0 Å². The van der Waals surface area contributed by atoms with Crippen molar-refractivity contribution >= 4 is 28.9 Å². The van der Waals surface area contributed by atoms with E-state index in [0.717, 1.165) is 55.1 Å². The Kier molecular flexibility index (Phi) is 8.07. The molecule has 1 fully saturated rings. The Hall–Kier alpha value is -1.23. The molecule has 1 aliphatic rings. The van der Waals surface area contributed by atoms with E-state index in [1.54, 1.807) is 23.1 Å². The molecule has 2 heterocycles. The highest BCUT2D eigenvalue weighted by molar-refractivity contribution is 7.98. The fourth-order valence-electron chi connectivity index (χ4n) is 2.29. The molecule has 0 aliphatic carbocycles. The summed E-state index contributed by atoms with van der Waals surface area (Å²) in [5, 5.41) is 11.8. The van der Waals surface area contributed by atoms with Crippen LogP contribution in [-0.4, -0.2) is 65.3 Å². The molecule has 1 atom stereocenters. The highest BCUT2D eigenvalue weighted by Gasteiger charge is 2.17. The Balaban J connectivity index is 1.73. The van der Waals surface area contributed by atoms with Crippen molar-refractivity contribution in [3.8, 4) is 0 Å². The second kappa shape index (κ2) is 10.0. The zero-order valence-corrected chi connectivity index (χ0v) is 16.3. The van der Waals surface area contributed by atoms with E-state index in [1.165, 1.54) is 11.8 Å². The summed E-state index contributed by atoms with van der Waals surface area (Å²) in [5.41, 5.74) is 6.72. The molecule has 10 heteroatoms. The van der Waals surface area contributed by atoms with E-state index >= 15 is 0 Å². The Morgan fingerprint density at radius 2 is 2.28 bits per heavy atom. The number of ether oxygens (including phenoxy) is 1. The van der Waals surface area contributed by atoms with Crippen LogP contribution >= 0.6 is 23.1 Å². The number of amidine groups is 1. The summed E-state index contributed by atoms with van der Waals surface area (Å²) < 4.78 is 5.37. The standard InChI is InChI=1S/C15H25N5O3S2/c1-11(20(21)22)15(16)17-3-8-24-10-13-12(2)25-14(18-13)9-19-4-6-23-7-5-19/h11H,3-10H2,1-2H3,(H2,16,17). The third kappa shape index (κ3) is 6.53. The lowest BCUT2D eigenvalue weighted by Crippen LogP contribution is -2.35. The number of thioether (sulfide) groups is 1. The topological polar surface area (TPSA) is 107 Å². The van der Waals surface area contributed by atoms with Gasteiger partial charge in [-0.05, 0) is 6.92 Å². The lowest BCUT2D eigenvalue weighted by molar-refractivity contribution is -0.498. The van der Waals surface area contributed by atoms with Gasteiger partial charge in [-0.25, -0.2) is 4.98 Å². The summed E-state index contributed by atoms with van der Waals surface area (Å²) in [6.45, 7) is 8.44. The first-order valence-electron chi connectivity index (χ1n) is 8.23. The Morgan fingerprint density at radius 3 is 2.96 bits per heavy atom. The second-order valence-electron chi connectivity index (χ2n) is 5.82. The first-order valence-corrected chi connectivity index (χ1v) is 10.2. The molecular weight excluding hydrogens is 362 g/mol. The number of aryl methyl sites for hydroxylation is 1. The molecule has 0 bridgehead atoms. The van der Waals surface area contributed by atoms with Crippen molar-refractivity contribution in [3.63, 3.8) is 0 Å². The van der Waals surface area contributed by atoms with Gasteiger partial charge in [0, 0.05) is 41.3 Å². The zero-order valence-electron chi connectivity index (χ0n) is 14.6. The predicted octanol–water partition coefficient (Wildman–Crippen LogP) is 1.54. The number of thiazole rings is 1. The van der Waals surface area contributed by atoms with Crippen LogP contribution in [0.3, 0.4) is 0 Å². The maximum Gasteiger partial charge on any atom is 0.266 e. The molecule has 1 aromatic rings. The Bertz CT molecular complexity index is 602. The highest BCUT2D eigenvalue weighted by atomic mass is 32.2. The zero-order chi connectivity index (χ0) is 18.2. The van der Waals surface area contributed by atoms with Gasteiger partial charge in [0.15, 0.2) is 5.84 Å². The SMILES string of the molecule is Cc1sc(CN2CCOCC2)nc1CSCCN=C(N)C(C)[N+](=O)[O-]. The van der Waals surface area contributed by atoms with E-state index in [0.29, 0.717) is 6.54 Å². The summed E-state index contributed by atoms with van der Waals surface area (Å²) in [6, 6.07) is -0.923. The largest absolute Gasteiger partial charge is 0.382 e. The Morgan fingerprint density at radius 1 is 1.56 bits per heavy atom. The van der Waals surface area contributed by atoms with Gasteiger partial charge in [0.2, 0.25) is 0 Å². The van der Waals surface area contributed by atoms with Gasteiger partial charge in [0.25, 0.3) is 6.04 Å². The third-order valence-corrected chi connectivity index (χ3v) is 5.86. The highest BCUT2D eigenvalue weighted by Crippen LogP contribution is 2.23. The van der Waals surface area contributed by atoms with Gasteiger partial charge in [-0.1, -0.05) is 0 Å². The molecule has 140 valence electrons. The monoisotopic (exact) mass is 387 g/mol. The molecule has 0 radical (unpaired) electrons. The summed E-state index contributed by atoms with van der Waals surface area (Å²) in [6.07, 6.45) is 0. The van der Waals surface area contributed by atoms with Crippen molar-refractivity contribution < 1.29 is 9.66 Å². The molecule has 1 saturated heterocycles. The molecule has 8 nitrogen and oxygen atoms in total. The van der Waals surface area contributed by atoms with E-state index in [4.69, 9.17) is 15.5 Å². The van der Waals surface area contributed by atoms with Gasteiger partial charge in [-0.15, -0.1) is 11.3 Å². The molecular formula is C15H25N5O3S2. The Labute approximate surface area is 156 Å². The number of rotatable bonds is 9. The maximum absolute atomic E-state index is 10.6. The molecule has 1 aliphatic heterocycles. The normalized spacial score (nSPS) is 17.6. The lowest BCUT2D eigenvalue weighted by Gasteiger charge is -2.25. The van der Waals surface area contributed by atoms with Crippen molar-refractivity contribution in [2.45, 2.75) is 32.2 Å². The van der Waals surface area contributed by atoms with Crippen LogP contribution in [0.2, 0.25) is 0 Å². The number of morpholine rings is 1. The van der Waals surface area contributed by atoms with Crippen LogP contribution in [0.4, 0.5) is 0 Å². The van der Waals surface area contributed by atoms with Gasteiger partial charge in [-0.3, -0.25) is 20.0 Å². The number of nitrogens with two attached hydrogens (primary N) is 1. The molecule has 0 saturated carbocycles. The van der Waals surface area contributed by atoms with Crippen LogP contribution in [0, 0.1) is 17.0 Å². The molecule has 0 aromatic carbocycles. The van der Waals surface area contributed by atoms with Crippen molar-refractivity contribution in [1.82, 2.24) is 9.88 Å². The first kappa shape index (κ1) is 20.1. The molecule has 2 rings (SSSR count). The van der Waals surface area contributed by atoms with Gasteiger partial charge in [0.05, 0.1) is 32.0 Å². The van der Waals surface area contributed by atoms with E-state index < -0.39 is 11.0 Å². The summed E-state index contributed by atoms with van der Waals surface area (Å²) in [4.78, 5) is 22.6. The van der Waals surface area contributed by atoms with Gasteiger partial charge in [0.1, 0.15) is 5.01 Å². The molecule has 25 heavy (non-hydrogen) atoms. The van der Waals surface area contributed by atoms with Gasteiger partial charge in [-0.2, -0.15) is 11.8 Å². The van der Waals surface area contributed by atoms with Crippen LogP contribution < -0.4 is 5.73 Å².